The number of halogens is 1. The molecule has 1 aliphatic carbocycles. The molecule has 0 aromatic heterocycles. The fraction of sp³-hybridized carbons (Fsp3) is 0.385. The first-order chi connectivity index (χ1) is 9.85. The first-order valence-electron chi connectivity index (χ1n) is 6.30. The summed E-state index contributed by atoms with van der Waals surface area (Å²) in [5.74, 6) is -1.75. The van der Waals surface area contributed by atoms with Gasteiger partial charge in [0.1, 0.15) is 4.90 Å². The van der Waals surface area contributed by atoms with Crippen LogP contribution < -0.4 is 4.72 Å². The van der Waals surface area contributed by atoms with Gasteiger partial charge in [0.25, 0.3) is 0 Å². The van der Waals surface area contributed by atoms with E-state index in [9.17, 15) is 13.2 Å². The third-order valence-corrected chi connectivity index (χ3v) is 5.46. The van der Waals surface area contributed by atoms with Crippen molar-refractivity contribution in [2.24, 2.45) is 5.92 Å². The molecule has 1 aliphatic rings. The molecule has 0 spiro atoms. The number of nitriles is 1. The number of nitrogens with zero attached hydrogens (tertiary/aromatic N) is 1. The fourth-order valence-electron chi connectivity index (χ4n) is 2.44. The van der Waals surface area contributed by atoms with Crippen LogP contribution in [0.5, 0.6) is 0 Å². The minimum atomic E-state index is -3.97. The molecule has 2 unspecified atom stereocenters. The Balaban J connectivity index is 2.31. The predicted octanol–water partition coefficient (Wildman–Crippen LogP) is 1.74. The van der Waals surface area contributed by atoms with Crippen LogP contribution in [0.15, 0.2) is 23.1 Å². The molecule has 0 heterocycles. The molecule has 0 amide bonds. The Bertz CT molecular complexity index is 711. The first kappa shape index (κ1) is 15.8. The normalized spacial score (nSPS) is 21.9. The van der Waals surface area contributed by atoms with Gasteiger partial charge in [-0.1, -0.05) is 18.0 Å². The lowest BCUT2D eigenvalue weighted by Crippen LogP contribution is -2.40. The van der Waals surface area contributed by atoms with Crippen LogP contribution in [0, 0.1) is 17.2 Å². The molecule has 1 saturated carbocycles. The molecular formula is C13H13ClN2O4S. The summed E-state index contributed by atoms with van der Waals surface area (Å²) >= 11 is 5.88. The molecule has 0 bridgehead atoms. The molecule has 0 radical (unpaired) electrons. The van der Waals surface area contributed by atoms with E-state index in [1.165, 1.54) is 18.2 Å². The third-order valence-electron chi connectivity index (χ3n) is 3.49. The molecule has 21 heavy (non-hydrogen) atoms. The van der Waals surface area contributed by atoms with Gasteiger partial charge >= 0.3 is 5.97 Å². The summed E-state index contributed by atoms with van der Waals surface area (Å²) in [7, 11) is -3.97. The van der Waals surface area contributed by atoms with E-state index < -0.39 is 28.0 Å². The lowest BCUT2D eigenvalue weighted by Gasteiger charge is -2.18. The molecule has 1 fully saturated rings. The number of sulfonamides is 1. The molecule has 1 aromatic rings. The zero-order valence-electron chi connectivity index (χ0n) is 10.9. The second kappa shape index (κ2) is 6.02. The number of rotatable bonds is 4. The number of carboxylic acid groups (broad SMARTS) is 1. The van der Waals surface area contributed by atoms with E-state index in [0.717, 1.165) is 0 Å². The maximum Gasteiger partial charge on any atom is 0.308 e. The Morgan fingerprint density at radius 2 is 2.14 bits per heavy atom. The minimum absolute atomic E-state index is 0.00799. The maximum atomic E-state index is 12.3. The lowest BCUT2D eigenvalue weighted by molar-refractivity contribution is -0.141. The summed E-state index contributed by atoms with van der Waals surface area (Å²) in [4.78, 5) is 10.9. The summed E-state index contributed by atoms with van der Waals surface area (Å²) in [6, 6.07) is 5.11. The highest BCUT2D eigenvalue weighted by atomic mass is 35.5. The van der Waals surface area contributed by atoms with Crippen LogP contribution >= 0.6 is 11.6 Å². The largest absolute Gasteiger partial charge is 0.481 e. The summed E-state index contributed by atoms with van der Waals surface area (Å²) in [6.45, 7) is 0. The Hall–Kier alpha value is -1.62. The number of carbonyl (C=O) groups is 1. The van der Waals surface area contributed by atoms with Crippen molar-refractivity contribution in [1.82, 2.24) is 4.72 Å². The van der Waals surface area contributed by atoms with Gasteiger partial charge in [-0.15, -0.1) is 0 Å². The molecule has 0 saturated heterocycles. The monoisotopic (exact) mass is 328 g/mol. The molecule has 1 aromatic carbocycles. The van der Waals surface area contributed by atoms with E-state index in [0.29, 0.717) is 19.3 Å². The molecule has 112 valence electrons. The van der Waals surface area contributed by atoms with Crippen molar-refractivity contribution in [3.63, 3.8) is 0 Å². The van der Waals surface area contributed by atoms with Crippen molar-refractivity contribution in [2.75, 3.05) is 0 Å². The zero-order valence-corrected chi connectivity index (χ0v) is 12.5. The quantitative estimate of drug-likeness (QED) is 0.875. The van der Waals surface area contributed by atoms with Gasteiger partial charge in [-0.3, -0.25) is 4.79 Å². The van der Waals surface area contributed by atoms with Gasteiger partial charge in [0.2, 0.25) is 10.0 Å². The van der Waals surface area contributed by atoms with E-state index in [-0.39, 0.29) is 15.5 Å². The standard InChI is InChI=1S/C13H13ClN2O4S/c14-10-5-4-8(7-15)6-12(10)21(19,20)16-11-3-1-2-9(11)13(17)18/h4-6,9,11,16H,1-3H2,(H,17,18). The van der Waals surface area contributed by atoms with Crippen LogP contribution in [-0.4, -0.2) is 25.5 Å². The highest BCUT2D eigenvalue weighted by molar-refractivity contribution is 7.89. The SMILES string of the molecule is N#Cc1ccc(Cl)c(S(=O)(=O)NC2CCCC2C(=O)O)c1. The molecule has 6 nitrogen and oxygen atoms in total. The molecule has 8 heteroatoms. The Labute approximate surface area is 127 Å². The van der Waals surface area contributed by atoms with Crippen LogP contribution in [-0.2, 0) is 14.8 Å². The smallest absolute Gasteiger partial charge is 0.308 e. The van der Waals surface area contributed by atoms with E-state index >= 15 is 0 Å². The lowest BCUT2D eigenvalue weighted by atomic mass is 10.1. The van der Waals surface area contributed by atoms with Crippen LogP contribution in [0.25, 0.3) is 0 Å². The predicted molar refractivity (Wildman–Crippen MR) is 75.3 cm³/mol. The second-order valence-electron chi connectivity index (χ2n) is 4.86. The number of carboxylic acids is 1. The van der Waals surface area contributed by atoms with Gasteiger partial charge in [-0.2, -0.15) is 5.26 Å². The average Bonchev–Trinajstić information content (AvgIpc) is 2.86. The molecule has 0 aliphatic heterocycles. The maximum absolute atomic E-state index is 12.3. The van der Waals surface area contributed by atoms with Gasteiger partial charge in [-0.25, -0.2) is 13.1 Å². The van der Waals surface area contributed by atoms with Crippen molar-refractivity contribution in [2.45, 2.75) is 30.2 Å². The van der Waals surface area contributed by atoms with E-state index in [2.05, 4.69) is 4.72 Å². The summed E-state index contributed by atoms with van der Waals surface area (Å²) < 4.78 is 27.1. The third kappa shape index (κ3) is 3.35. The average molecular weight is 329 g/mol. The van der Waals surface area contributed by atoms with Gasteiger partial charge in [0, 0.05) is 6.04 Å². The zero-order chi connectivity index (χ0) is 15.6. The number of aliphatic carboxylic acids is 1. The van der Waals surface area contributed by atoms with Crippen LogP contribution in [0.3, 0.4) is 0 Å². The van der Waals surface area contributed by atoms with Crippen LogP contribution in [0.1, 0.15) is 24.8 Å². The van der Waals surface area contributed by atoms with Crippen molar-refractivity contribution in [3.05, 3.63) is 28.8 Å². The summed E-state index contributed by atoms with van der Waals surface area (Å²) in [6.07, 6.45) is 1.55. The minimum Gasteiger partial charge on any atom is -0.481 e. The van der Waals surface area contributed by atoms with Crippen molar-refractivity contribution in [1.29, 1.82) is 5.26 Å². The Morgan fingerprint density at radius 3 is 2.76 bits per heavy atom. The summed E-state index contributed by atoms with van der Waals surface area (Å²) in [5, 5.41) is 17.9. The van der Waals surface area contributed by atoms with Crippen LogP contribution in [0.2, 0.25) is 5.02 Å². The number of hydrogen-bond acceptors (Lipinski definition) is 4. The molecular weight excluding hydrogens is 316 g/mol. The molecule has 2 rings (SSSR count). The number of nitrogens with one attached hydrogen (secondary N) is 1. The molecule has 2 N–H and O–H groups in total. The Kier molecular flexibility index (Phi) is 4.52. The van der Waals surface area contributed by atoms with Gasteiger partial charge < -0.3 is 5.11 Å². The van der Waals surface area contributed by atoms with Crippen molar-refractivity contribution < 1.29 is 18.3 Å². The number of benzene rings is 1. The molecule has 2 atom stereocenters. The van der Waals surface area contributed by atoms with Crippen molar-refractivity contribution >= 4 is 27.6 Å². The number of hydrogen-bond donors (Lipinski definition) is 2. The Morgan fingerprint density at radius 1 is 1.43 bits per heavy atom. The van der Waals surface area contributed by atoms with Crippen LogP contribution in [0.4, 0.5) is 0 Å². The highest BCUT2D eigenvalue weighted by Gasteiger charge is 2.36. The van der Waals surface area contributed by atoms with E-state index in [4.69, 9.17) is 22.0 Å². The fourth-order valence-corrected chi connectivity index (χ4v) is 4.28. The second-order valence-corrected chi connectivity index (χ2v) is 6.95. The van der Waals surface area contributed by atoms with Gasteiger partial charge in [0.15, 0.2) is 0 Å². The van der Waals surface area contributed by atoms with E-state index in [1.807, 2.05) is 6.07 Å². The topological polar surface area (TPSA) is 107 Å². The van der Waals surface area contributed by atoms with Gasteiger partial charge in [-0.05, 0) is 31.0 Å². The highest BCUT2D eigenvalue weighted by Crippen LogP contribution is 2.29. The summed E-state index contributed by atoms with van der Waals surface area (Å²) in [5.41, 5.74) is 0.168. The van der Waals surface area contributed by atoms with E-state index in [1.54, 1.807) is 0 Å². The first-order valence-corrected chi connectivity index (χ1v) is 8.16. The van der Waals surface area contributed by atoms with Crippen molar-refractivity contribution in [3.8, 4) is 6.07 Å². The van der Waals surface area contributed by atoms with Gasteiger partial charge in [0.05, 0.1) is 22.6 Å².